The number of amides is 1. The van der Waals surface area contributed by atoms with Crippen molar-refractivity contribution < 1.29 is 4.79 Å². The second-order valence-corrected chi connectivity index (χ2v) is 9.98. The largest absolute Gasteiger partial charge is 0.335 e. The van der Waals surface area contributed by atoms with E-state index in [-0.39, 0.29) is 23.3 Å². The molecule has 6 nitrogen and oxygen atoms in total. The van der Waals surface area contributed by atoms with Gasteiger partial charge in [-0.1, -0.05) is 60.3 Å². The van der Waals surface area contributed by atoms with E-state index in [2.05, 4.69) is 24.0 Å². The highest BCUT2D eigenvalue weighted by atomic mass is 32.2. The van der Waals surface area contributed by atoms with Crippen LogP contribution in [0.4, 0.5) is 0 Å². The number of carbonyl (C=O) groups is 1. The van der Waals surface area contributed by atoms with E-state index in [9.17, 15) is 9.59 Å². The van der Waals surface area contributed by atoms with Gasteiger partial charge in [-0.25, -0.2) is 4.98 Å². The zero-order valence-electron chi connectivity index (χ0n) is 19.7. The summed E-state index contributed by atoms with van der Waals surface area (Å²) in [5, 5.41) is 1.12. The molecule has 0 N–H and O–H groups in total. The van der Waals surface area contributed by atoms with Gasteiger partial charge in [0.25, 0.3) is 5.56 Å². The highest BCUT2D eigenvalue weighted by Crippen LogP contribution is 2.36. The monoisotopic (exact) mass is 484 g/mol. The third kappa shape index (κ3) is 5.46. The van der Waals surface area contributed by atoms with Gasteiger partial charge in [-0.15, -0.1) is 0 Å². The van der Waals surface area contributed by atoms with Gasteiger partial charge in [0.1, 0.15) is 0 Å². The average molecular weight is 485 g/mol. The molecule has 0 saturated heterocycles. The van der Waals surface area contributed by atoms with Gasteiger partial charge >= 0.3 is 0 Å². The number of hydrogen-bond donors (Lipinski definition) is 0. The van der Waals surface area contributed by atoms with Crippen LogP contribution in [0.15, 0.2) is 89.1 Å². The van der Waals surface area contributed by atoms with Crippen LogP contribution >= 0.6 is 11.8 Å². The summed E-state index contributed by atoms with van der Waals surface area (Å²) in [5.74, 6) is 0.852. The van der Waals surface area contributed by atoms with Gasteiger partial charge in [0.15, 0.2) is 5.16 Å². The van der Waals surface area contributed by atoms with Crippen LogP contribution in [-0.4, -0.2) is 37.1 Å². The molecule has 0 bridgehead atoms. The summed E-state index contributed by atoms with van der Waals surface area (Å²) < 4.78 is 1.66. The van der Waals surface area contributed by atoms with E-state index in [4.69, 9.17) is 4.98 Å². The van der Waals surface area contributed by atoms with E-state index in [0.29, 0.717) is 35.1 Å². The van der Waals surface area contributed by atoms with Gasteiger partial charge in [0.05, 0.1) is 23.2 Å². The summed E-state index contributed by atoms with van der Waals surface area (Å²) in [7, 11) is 0. The molecule has 2 aromatic carbocycles. The van der Waals surface area contributed by atoms with E-state index >= 15 is 0 Å². The Morgan fingerprint density at radius 2 is 1.80 bits per heavy atom. The number of aromatic nitrogens is 3. The van der Waals surface area contributed by atoms with Gasteiger partial charge in [0, 0.05) is 25.0 Å². The van der Waals surface area contributed by atoms with Crippen molar-refractivity contribution in [2.75, 3.05) is 5.75 Å². The fraction of sp³-hybridized carbons (Fsp3) is 0.286. The molecular weight excluding hydrogens is 456 g/mol. The van der Waals surface area contributed by atoms with Crippen LogP contribution in [0.1, 0.15) is 30.9 Å². The molecule has 4 aromatic rings. The molecule has 1 saturated carbocycles. The molecule has 7 heteroatoms. The zero-order chi connectivity index (χ0) is 24.2. The van der Waals surface area contributed by atoms with Gasteiger partial charge in [-0.3, -0.25) is 19.1 Å². The molecule has 2 heterocycles. The van der Waals surface area contributed by atoms with Crippen LogP contribution in [0.3, 0.4) is 0 Å². The Hall–Kier alpha value is -3.45. The molecule has 0 aliphatic heterocycles. The lowest BCUT2D eigenvalue weighted by Crippen LogP contribution is -2.40. The van der Waals surface area contributed by atoms with E-state index in [1.807, 2.05) is 53.4 Å². The van der Waals surface area contributed by atoms with Gasteiger partial charge in [-0.05, 0) is 55.0 Å². The Balaban J connectivity index is 1.42. The molecule has 2 aromatic heterocycles. The molecule has 1 fully saturated rings. The first-order chi connectivity index (χ1) is 17.1. The lowest BCUT2D eigenvalue weighted by atomic mass is 10.1. The maximum Gasteiger partial charge on any atom is 0.262 e. The van der Waals surface area contributed by atoms with Gasteiger partial charge in [0.2, 0.25) is 5.91 Å². The van der Waals surface area contributed by atoms with Crippen molar-refractivity contribution in [3.05, 3.63) is 101 Å². The third-order valence-corrected chi connectivity index (χ3v) is 7.49. The lowest BCUT2D eigenvalue weighted by molar-refractivity contribution is -0.131. The number of pyridine rings is 1. The lowest BCUT2D eigenvalue weighted by Gasteiger charge is -2.29. The number of hydrogen-bond acceptors (Lipinski definition) is 5. The van der Waals surface area contributed by atoms with E-state index < -0.39 is 0 Å². The Morgan fingerprint density at radius 3 is 2.54 bits per heavy atom. The number of rotatable bonds is 9. The number of carbonyl (C=O) groups excluding carboxylic acids is 1. The second-order valence-electron chi connectivity index (χ2n) is 9.04. The van der Waals surface area contributed by atoms with Gasteiger partial charge < -0.3 is 4.90 Å². The van der Waals surface area contributed by atoms with E-state index in [0.717, 1.165) is 11.1 Å². The van der Waals surface area contributed by atoms with Crippen molar-refractivity contribution >= 4 is 28.6 Å². The fourth-order valence-corrected chi connectivity index (χ4v) is 5.24. The summed E-state index contributed by atoms with van der Waals surface area (Å²) in [6.45, 7) is 3.09. The maximum absolute atomic E-state index is 13.5. The number of thioether (sulfide) groups is 1. The van der Waals surface area contributed by atoms with Crippen LogP contribution < -0.4 is 5.56 Å². The topological polar surface area (TPSA) is 68.1 Å². The Kier molecular flexibility index (Phi) is 6.95. The summed E-state index contributed by atoms with van der Waals surface area (Å²) >= 11 is 1.33. The van der Waals surface area contributed by atoms with Crippen molar-refractivity contribution in [2.45, 2.75) is 44.1 Å². The standard InChI is InChI=1S/C28H28N4O2S/c1-20(23-13-14-23)31(17-21-8-3-2-4-9-21)26(33)19-35-28-30-25-12-6-5-11-24(25)27(34)32(28)18-22-10-7-15-29-16-22/h2-12,15-16,20,23H,13-14,17-19H2,1H3. The molecule has 1 unspecified atom stereocenters. The molecule has 178 valence electrons. The van der Waals surface area contributed by atoms with Crippen LogP contribution in [0, 0.1) is 5.92 Å². The van der Waals surface area contributed by atoms with Gasteiger partial charge in [-0.2, -0.15) is 0 Å². The number of nitrogens with zero attached hydrogens (tertiary/aromatic N) is 4. The number of para-hydroxylation sites is 1. The molecule has 0 spiro atoms. The predicted octanol–water partition coefficient (Wildman–Crippen LogP) is 4.76. The minimum atomic E-state index is -0.109. The third-order valence-electron chi connectivity index (χ3n) is 6.53. The van der Waals surface area contributed by atoms with Crippen molar-refractivity contribution in [3.8, 4) is 0 Å². The predicted molar refractivity (Wildman–Crippen MR) is 139 cm³/mol. The molecule has 1 amide bonds. The smallest absolute Gasteiger partial charge is 0.262 e. The van der Waals surface area contributed by atoms with Crippen LogP contribution in [0.2, 0.25) is 0 Å². The van der Waals surface area contributed by atoms with Crippen LogP contribution in [0.5, 0.6) is 0 Å². The molecule has 0 radical (unpaired) electrons. The Labute approximate surface area is 209 Å². The van der Waals surface area contributed by atoms with Crippen LogP contribution in [0.25, 0.3) is 10.9 Å². The quantitative estimate of drug-likeness (QED) is 0.253. The van der Waals surface area contributed by atoms with E-state index in [1.165, 1.54) is 24.6 Å². The second kappa shape index (κ2) is 10.4. The fourth-order valence-electron chi connectivity index (χ4n) is 4.35. The average Bonchev–Trinajstić information content (AvgIpc) is 3.74. The first-order valence-corrected chi connectivity index (χ1v) is 12.9. The molecule has 5 rings (SSSR count). The molecule has 1 atom stereocenters. The van der Waals surface area contributed by atoms with Crippen molar-refractivity contribution in [2.24, 2.45) is 5.92 Å². The summed E-state index contributed by atoms with van der Waals surface area (Å²) in [5.41, 5.74) is 2.56. The first-order valence-electron chi connectivity index (χ1n) is 11.9. The summed E-state index contributed by atoms with van der Waals surface area (Å²) in [4.78, 5) is 37.8. The minimum absolute atomic E-state index is 0.0635. The number of fused-ring (bicyclic) bond motifs is 1. The Bertz CT molecular complexity index is 1370. The molecule has 1 aliphatic carbocycles. The highest BCUT2D eigenvalue weighted by molar-refractivity contribution is 7.99. The van der Waals surface area contributed by atoms with Crippen molar-refractivity contribution in [1.82, 2.24) is 19.4 Å². The maximum atomic E-state index is 13.5. The Morgan fingerprint density at radius 1 is 1.06 bits per heavy atom. The molecule has 1 aliphatic rings. The first kappa shape index (κ1) is 23.3. The zero-order valence-corrected chi connectivity index (χ0v) is 20.5. The van der Waals surface area contributed by atoms with Crippen molar-refractivity contribution in [3.63, 3.8) is 0 Å². The number of benzene rings is 2. The molecule has 35 heavy (non-hydrogen) atoms. The molecular formula is C28H28N4O2S. The highest BCUT2D eigenvalue weighted by Gasteiger charge is 2.34. The normalized spacial score (nSPS) is 14.1. The summed E-state index contributed by atoms with van der Waals surface area (Å²) in [6, 6.07) is 21.4. The SMILES string of the molecule is CC(C1CC1)N(Cc1ccccc1)C(=O)CSc1nc2ccccc2c(=O)n1Cc1cccnc1. The van der Waals surface area contributed by atoms with Crippen molar-refractivity contribution in [1.29, 1.82) is 0 Å². The van der Waals surface area contributed by atoms with E-state index in [1.54, 1.807) is 23.0 Å². The van der Waals surface area contributed by atoms with Crippen LogP contribution in [-0.2, 0) is 17.9 Å². The minimum Gasteiger partial charge on any atom is -0.335 e. The summed E-state index contributed by atoms with van der Waals surface area (Å²) in [6.07, 6.45) is 5.80.